The lowest BCUT2D eigenvalue weighted by molar-refractivity contribution is -0.119. The lowest BCUT2D eigenvalue weighted by atomic mass is 9.90. The number of hydrogen-bond donors (Lipinski definition) is 1. The fraction of sp³-hybridized carbons (Fsp3) is 0.583. The van der Waals surface area contributed by atoms with Crippen LogP contribution in [0.4, 0.5) is 0 Å². The van der Waals surface area contributed by atoms with Crippen LogP contribution < -0.4 is 5.32 Å². The van der Waals surface area contributed by atoms with E-state index in [4.69, 9.17) is 0 Å². The first-order valence-corrected chi connectivity index (χ1v) is 12.1. The summed E-state index contributed by atoms with van der Waals surface area (Å²) in [6.07, 6.45) is 10.1. The van der Waals surface area contributed by atoms with E-state index in [-0.39, 0.29) is 26.8 Å². The van der Waals surface area contributed by atoms with E-state index in [1.807, 2.05) is 19.1 Å². The third-order valence-electron chi connectivity index (χ3n) is 5.99. The van der Waals surface area contributed by atoms with Gasteiger partial charge in [0.1, 0.15) is 0 Å². The van der Waals surface area contributed by atoms with E-state index >= 15 is 0 Å². The van der Waals surface area contributed by atoms with Gasteiger partial charge in [-0.3, -0.25) is 4.79 Å². The van der Waals surface area contributed by atoms with Crippen LogP contribution in [-0.2, 0) is 14.8 Å². The summed E-state index contributed by atoms with van der Waals surface area (Å²) in [5.41, 5.74) is 1.05. The van der Waals surface area contributed by atoms with E-state index < -0.39 is 10.0 Å². The molecule has 1 saturated heterocycles. The maximum Gasteiger partial charge on any atom is 0.243 e. The summed E-state index contributed by atoms with van der Waals surface area (Å²) in [5.74, 6) is 1.10. The number of aryl methyl sites for hydroxylation is 1. The lowest BCUT2D eigenvalue weighted by Crippen LogP contribution is -2.39. The monoisotopic (exact) mass is 433 g/mol. The third-order valence-corrected chi connectivity index (χ3v) is 7.96. The molecule has 30 heavy (non-hydrogen) atoms. The van der Waals surface area contributed by atoms with Crippen molar-refractivity contribution in [3.63, 3.8) is 0 Å². The van der Waals surface area contributed by atoms with Crippen molar-refractivity contribution in [2.75, 3.05) is 13.1 Å². The largest absolute Gasteiger partial charge is 0.356 e. The molecule has 1 unspecified atom stereocenters. The third kappa shape index (κ3) is 6.81. The molecule has 5 radical (unpaired) electrons. The Morgan fingerprint density at radius 3 is 2.23 bits per heavy atom. The number of nitrogens with one attached hydrogen (secondary N) is 1. The van der Waals surface area contributed by atoms with Gasteiger partial charge >= 0.3 is 0 Å². The summed E-state index contributed by atoms with van der Waals surface area (Å²) < 4.78 is 27.6. The minimum atomic E-state index is -3.47. The van der Waals surface area contributed by atoms with Gasteiger partial charge in [0, 0.05) is 19.1 Å². The maximum atomic E-state index is 13.0. The molecule has 0 bridgehead atoms. The Bertz CT molecular complexity index is 738. The summed E-state index contributed by atoms with van der Waals surface area (Å²) in [6.45, 7) is 3.05. The molecule has 1 saturated carbocycles. The summed E-state index contributed by atoms with van der Waals surface area (Å²) >= 11 is 0. The van der Waals surface area contributed by atoms with Gasteiger partial charge in [-0.2, -0.15) is 4.31 Å². The highest BCUT2D eigenvalue weighted by Crippen LogP contribution is 2.28. The molecule has 1 amide bonds. The number of benzene rings is 1. The average Bonchev–Trinajstić information content (AvgIpc) is 3.11. The molecule has 1 aliphatic carbocycles. The quantitative estimate of drug-likeness (QED) is 0.711. The summed E-state index contributed by atoms with van der Waals surface area (Å²) in [5, 5.41) is 3.05. The van der Waals surface area contributed by atoms with Crippen LogP contribution in [0.1, 0.15) is 69.8 Å². The number of carbonyl (C=O) groups excluding carboxylic acids is 1. The molecule has 3 rings (SSSR count). The fourth-order valence-corrected chi connectivity index (χ4v) is 6.02. The Morgan fingerprint density at radius 1 is 1.00 bits per heavy atom. The second kappa shape index (κ2) is 12.5. The molecular formula is C24H37N2O3S. The summed E-state index contributed by atoms with van der Waals surface area (Å²) in [4.78, 5) is 12.8. The standard InChI is InChI=1S/C22H33N2O3S.2CH2/c1-18-11-13-21(14-12-18)28(26,27)24-17-7-10-20(24)15-16-23-22(25)19-8-5-3-2-4-6-9-19;;/h11-14,20H,2-10,15-17H2,1H3,(H,23,25);2*1H2. The van der Waals surface area contributed by atoms with Crippen molar-refractivity contribution in [3.8, 4) is 0 Å². The van der Waals surface area contributed by atoms with Gasteiger partial charge in [-0.15, -0.1) is 0 Å². The van der Waals surface area contributed by atoms with Crippen molar-refractivity contribution in [2.24, 2.45) is 0 Å². The molecule has 1 atom stereocenters. The predicted molar refractivity (Wildman–Crippen MR) is 122 cm³/mol. The van der Waals surface area contributed by atoms with Crippen LogP contribution in [0.15, 0.2) is 29.2 Å². The predicted octanol–water partition coefficient (Wildman–Crippen LogP) is 4.63. The minimum Gasteiger partial charge on any atom is -0.356 e. The van der Waals surface area contributed by atoms with Crippen molar-refractivity contribution < 1.29 is 13.2 Å². The SMILES string of the molecule is Cc1ccc(S(=O)(=O)N2CCCC2CCNC(=O)[C]2CCCCCCC2)cc1.[CH2].[CH2]. The Balaban J connectivity index is 0.00000225. The van der Waals surface area contributed by atoms with Gasteiger partial charge in [0.2, 0.25) is 15.9 Å². The Labute approximate surface area is 184 Å². The number of sulfonamides is 1. The van der Waals surface area contributed by atoms with Gasteiger partial charge < -0.3 is 5.32 Å². The van der Waals surface area contributed by atoms with E-state index in [0.29, 0.717) is 24.4 Å². The average molecular weight is 434 g/mol. The Hall–Kier alpha value is -1.40. The van der Waals surface area contributed by atoms with Gasteiger partial charge in [-0.25, -0.2) is 8.42 Å². The zero-order valence-electron chi connectivity index (χ0n) is 18.4. The number of nitrogens with zero attached hydrogens (tertiary/aromatic N) is 1. The topological polar surface area (TPSA) is 66.5 Å². The van der Waals surface area contributed by atoms with Crippen LogP contribution in [0.5, 0.6) is 0 Å². The molecular weight excluding hydrogens is 396 g/mol. The van der Waals surface area contributed by atoms with Crippen LogP contribution >= 0.6 is 0 Å². The molecule has 1 aliphatic heterocycles. The van der Waals surface area contributed by atoms with E-state index in [1.54, 1.807) is 16.4 Å². The molecule has 2 aliphatic rings. The molecule has 1 aromatic rings. The van der Waals surface area contributed by atoms with Crippen LogP contribution in [0.3, 0.4) is 0 Å². The first kappa shape index (κ1) is 26.6. The number of carbonyl (C=O) groups is 1. The van der Waals surface area contributed by atoms with E-state index in [0.717, 1.165) is 50.0 Å². The van der Waals surface area contributed by atoms with Gasteiger partial charge in [-0.1, -0.05) is 64.7 Å². The molecule has 1 aromatic carbocycles. The van der Waals surface area contributed by atoms with Gasteiger partial charge in [0.25, 0.3) is 0 Å². The van der Waals surface area contributed by atoms with Crippen LogP contribution in [-0.4, -0.2) is 37.8 Å². The second-order valence-electron chi connectivity index (χ2n) is 8.14. The highest BCUT2D eigenvalue weighted by atomic mass is 32.2. The summed E-state index contributed by atoms with van der Waals surface area (Å²) in [7, 11) is -3.47. The molecule has 0 spiro atoms. The molecule has 1 heterocycles. The number of hydrogen-bond acceptors (Lipinski definition) is 3. The summed E-state index contributed by atoms with van der Waals surface area (Å²) in [6, 6.07) is 7.02. The first-order chi connectivity index (χ1) is 13.5. The molecule has 2 fully saturated rings. The highest BCUT2D eigenvalue weighted by Gasteiger charge is 2.35. The number of rotatable bonds is 6. The van der Waals surface area contributed by atoms with Gasteiger partial charge in [-0.05, 0) is 51.2 Å². The number of amides is 1. The van der Waals surface area contributed by atoms with Gasteiger partial charge in [0.15, 0.2) is 0 Å². The molecule has 5 nitrogen and oxygen atoms in total. The van der Waals surface area contributed by atoms with Crippen molar-refractivity contribution in [1.82, 2.24) is 9.62 Å². The van der Waals surface area contributed by atoms with Crippen LogP contribution in [0.2, 0.25) is 0 Å². The first-order valence-electron chi connectivity index (χ1n) is 10.7. The van der Waals surface area contributed by atoms with Crippen molar-refractivity contribution >= 4 is 15.9 Å². The van der Waals surface area contributed by atoms with Crippen molar-refractivity contribution in [3.05, 3.63) is 50.6 Å². The van der Waals surface area contributed by atoms with E-state index in [1.165, 1.54) is 19.3 Å². The molecule has 0 aromatic heterocycles. The molecule has 1 N–H and O–H groups in total. The maximum absolute atomic E-state index is 13.0. The van der Waals surface area contributed by atoms with E-state index in [2.05, 4.69) is 5.32 Å². The molecule has 6 heteroatoms. The normalized spacial score (nSPS) is 21.0. The van der Waals surface area contributed by atoms with Crippen LogP contribution in [0, 0.1) is 27.7 Å². The Kier molecular flexibility index (Phi) is 11.1. The second-order valence-corrected chi connectivity index (χ2v) is 10.0. The van der Waals surface area contributed by atoms with E-state index in [9.17, 15) is 13.2 Å². The van der Waals surface area contributed by atoms with Crippen molar-refractivity contribution in [1.29, 1.82) is 0 Å². The lowest BCUT2D eigenvalue weighted by Gasteiger charge is -2.25. The van der Waals surface area contributed by atoms with Crippen molar-refractivity contribution in [2.45, 2.75) is 82.1 Å². The van der Waals surface area contributed by atoms with Gasteiger partial charge in [0.05, 0.1) is 10.8 Å². The Morgan fingerprint density at radius 2 is 1.60 bits per heavy atom. The van der Waals surface area contributed by atoms with Crippen LogP contribution in [0.25, 0.3) is 0 Å². The zero-order chi connectivity index (χ0) is 20.0. The molecule has 167 valence electrons. The minimum absolute atomic E-state index is 0. The highest BCUT2D eigenvalue weighted by molar-refractivity contribution is 7.89. The fourth-order valence-electron chi connectivity index (χ4n) is 4.30. The smallest absolute Gasteiger partial charge is 0.243 e. The zero-order valence-corrected chi connectivity index (χ0v) is 19.2.